The van der Waals surface area contributed by atoms with Gasteiger partial charge in [-0.25, -0.2) is 0 Å². The molecular weight excluding hydrogens is 350 g/mol. The second-order valence-corrected chi connectivity index (χ2v) is 6.67. The highest BCUT2D eigenvalue weighted by atomic mass is 79.9. The molecule has 1 atom stereocenters. The Balaban J connectivity index is 2.09. The Morgan fingerprint density at radius 2 is 2.05 bits per heavy atom. The molecule has 5 nitrogen and oxygen atoms in total. The lowest BCUT2D eigenvalue weighted by atomic mass is 10.1. The van der Waals surface area contributed by atoms with Crippen molar-refractivity contribution in [3.8, 4) is 5.69 Å². The van der Waals surface area contributed by atoms with Crippen molar-refractivity contribution in [3.05, 3.63) is 39.3 Å². The van der Waals surface area contributed by atoms with E-state index < -0.39 is 0 Å². The Morgan fingerprint density at radius 1 is 1.29 bits per heavy atom. The summed E-state index contributed by atoms with van der Waals surface area (Å²) in [7, 11) is 4.28. The number of para-hydroxylation sites is 1. The molecule has 1 N–H and O–H groups in total. The quantitative estimate of drug-likeness (QED) is 0.828. The number of nitrogens with zero attached hydrogens (tertiary/aromatic N) is 4. The summed E-state index contributed by atoms with van der Waals surface area (Å²) >= 11 is 9.05. The van der Waals surface area contributed by atoms with Crippen LogP contribution in [0, 0.1) is 4.77 Å². The van der Waals surface area contributed by atoms with Crippen LogP contribution in [0.25, 0.3) is 5.69 Å². The molecule has 7 heteroatoms. The standard InChI is InChI=1S/C14H18BrN5S/c1-18-7-8-19(2)12(9-18)13-16-17-14(21)20(13)11-6-4-3-5-10(11)15/h3-6,12H,7-9H2,1-2H3,(H,17,21). The molecule has 2 aromatic rings. The smallest absolute Gasteiger partial charge is 0.199 e. The molecule has 3 rings (SSSR count). The van der Waals surface area contributed by atoms with Gasteiger partial charge in [0, 0.05) is 24.1 Å². The molecule has 1 aliphatic heterocycles. The van der Waals surface area contributed by atoms with Gasteiger partial charge < -0.3 is 4.90 Å². The lowest BCUT2D eigenvalue weighted by Gasteiger charge is -2.37. The van der Waals surface area contributed by atoms with E-state index in [-0.39, 0.29) is 6.04 Å². The second-order valence-electron chi connectivity index (χ2n) is 5.43. The molecule has 2 heterocycles. The van der Waals surface area contributed by atoms with Crippen LogP contribution in [0.4, 0.5) is 0 Å². The molecule has 0 bridgehead atoms. The summed E-state index contributed by atoms with van der Waals surface area (Å²) in [6, 6.07) is 8.30. The van der Waals surface area contributed by atoms with Gasteiger partial charge in [0.25, 0.3) is 0 Å². The van der Waals surface area contributed by atoms with Gasteiger partial charge in [-0.1, -0.05) is 12.1 Å². The second kappa shape index (κ2) is 6.00. The van der Waals surface area contributed by atoms with E-state index in [0.29, 0.717) is 4.77 Å². The molecule has 1 fully saturated rings. The minimum Gasteiger partial charge on any atom is -0.303 e. The van der Waals surface area contributed by atoms with E-state index in [9.17, 15) is 0 Å². The van der Waals surface area contributed by atoms with E-state index >= 15 is 0 Å². The molecule has 21 heavy (non-hydrogen) atoms. The third kappa shape index (κ3) is 2.83. The molecule has 0 amide bonds. The van der Waals surface area contributed by atoms with Crippen molar-refractivity contribution >= 4 is 28.1 Å². The fourth-order valence-corrected chi connectivity index (χ4v) is 3.39. The number of aromatic amines is 1. The number of nitrogens with one attached hydrogen (secondary N) is 1. The summed E-state index contributed by atoms with van der Waals surface area (Å²) in [6.07, 6.45) is 0. The van der Waals surface area contributed by atoms with Crippen LogP contribution in [-0.2, 0) is 0 Å². The summed E-state index contributed by atoms with van der Waals surface area (Å²) in [5.74, 6) is 0.959. The van der Waals surface area contributed by atoms with Gasteiger partial charge >= 0.3 is 0 Å². The zero-order chi connectivity index (χ0) is 15.0. The largest absolute Gasteiger partial charge is 0.303 e. The number of aromatic nitrogens is 3. The predicted octanol–water partition coefficient (Wildman–Crippen LogP) is 2.61. The number of halogens is 1. The van der Waals surface area contributed by atoms with Crippen LogP contribution in [0.15, 0.2) is 28.7 Å². The first-order valence-corrected chi connectivity index (χ1v) is 8.09. The molecule has 0 saturated carbocycles. The summed E-state index contributed by atoms with van der Waals surface area (Å²) < 4.78 is 3.66. The molecule has 1 aromatic heterocycles. The minimum absolute atomic E-state index is 0.226. The first-order valence-electron chi connectivity index (χ1n) is 6.89. The summed E-state index contributed by atoms with van der Waals surface area (Å²) in [4.78, 5) is 4.66. The van der Waals surface area contributed by atoms with E-state index in [1.165, 1.54) is 0 Å². The number of hydrogen-bond acceptors (Lipinski definition) is 4. The lowest BCUT2D eigenvalue weighted by molar-refractivity contribution is 0.108. The van der Waals surface area contributed by atoms with E-state index in [1.54, 1.807) is 0 Å². The van der Waals surface area contributed by atoms with Crippen molar-refractivity contribution in [1.82, 2.24) is 24.6 Å². The van der Waals surface area contributed by atoms with Gasteiger partial charge in [-0.3, -0.25) is 14.6 Å². The number of piperazine rings is 1. The highest BCUT2D eigenvalue weighted by Gasteiger charge is 2.28. The summed E-state index contributed by atoms with van der Waals surface area (Å²) in [5, 5.41) is 7.44. The highest BCUT2D eigenvalue weighted by molar-refractivity contribution is 9.10. The third-order valence-corrected chi connectivity index (χ3v) is 4.89. The van der Waals surface area contributed by atoms with Gasteiger partial charge in [0.1, 0.15) is 0 Å². The zero-order valence-electron chi connectivity index (χ0n) is 12.1. The molecule has 1 aliphatic rings. The third-order valence-electron chi connectivity index (χ3n) is 3.94. The first kappa shape index (κ1) is 14.9. The minimum atomic E-state index is 0.226. The normalized spacial score (nSPS) is 20.8. The van der Waals surface area contributed by atoms with Crippen LogP contribution in [0.1, 0.15) is 11.9 Å². The van der Waals surface area contributed by atoms with Crippen molar-refractivity contribution in [2.24, 2.45) is 0 Å². The molecule has 0 aliphatic carbocycles. The number of benzene rings is 1. The Kier molecular flexibility index (Phi) is 4.26. The fourth-order valence-electron chi connectivity index (χ4n) is 2.69. The maximum absolute atomic E-state index is 5.44. The van der Waals surface area contributed by atoms with Gasteiger partial charge in [-0.15, -0.1) is 0 Å². The topological polar surface area (TPSA) is 40.1 Å². The van der Waals surface area contributed by atoms with Crippen LogP contribution in [0.3, 0.4) is 0 Å². The van der Waals surface area contributed by atoms with Crippen molar-refractivity contribution < 1.29 is 0 Å². The first-order chi connectivity index (χ1) is 10.1. The van der Waals surface area contributed by atoms with E-state index in [4.69, 9.17) is 12.2 Å². The average Bonchev–Trinajstić information content (AvgIpc) is 2.84. The molecular formula is C14H18BrN5S. The Morgan fingerprint density at radius 3 is 2.81 bits per heavy atom. The monoisotopic (exact) mass is 367 g/mol. The molecule has 1 saturated heterocycles. The van der Waals surface area contributed by atoms with Crippen LogP contribution < -0.4 is 0 Å². The van der Waals surface area contributed by atoms with E-state index in [0.717, 1.165) is 35.6 Å². The van der Waals surface area contributed by atoms with E-state index in [2.05, 4.69) is 50.0 Å². The van der Waals surface area contributed by atoms with Crippen LogP contribution >= 0.6 is 28.1 Å². The summed E-state index contributed by atoms with van der Waals surface area (Å²) in [6.45, 7) is 3.05. The van der Waals surface area contributed by atoms with E-state index in [1.807, 2.05) is 28.8 Å². The van der Waals surface area contributed by atoms with Gasteiger partial charge in [-0.2, -0.15) is 5.10 Å². The Bertz CT molecular complexity index is 695. The van der Waals surface area contributed by atoms with Gasteiger partial charge in [0.15, 0.2) is 10.6 Å². The maximum Gasteiger partial charge on any atom is 0.199 e. The van der Waals surface area contributed by atoms with Crippen molar-refractivity contribution in [2.45, 2.75) is 6.04 Å². The fraction of sp³-hybridized carbons (Fsp3) is 0.429. The highest BCUT2D eigenvalue weighted by Crippen LogP contribution is 2.27. The lowest BCUT2D eigenvalue weighted by Crippen LogP contribution is -2.45. The zero-order valence-corrected chi connectivity index (χ0v) is 14.5. The van der Waals surface area contributed by atoms with Crippen LogP contribution in [-0.4, -0.2) is 58.3 Å². The molecule has 1 unspecified atom stereocenters. The molecule has 0 radical (unpaired) electrons. The summed E-state index contributed by atoms with van der Waals surface area (Å²) in [5.41, 5.74) is 1.02. The molecule has 0 spiro atoms. The number of hydrogen-bond donors (Lipinski definition) is 1. The predicted molar refractivity (Wildman–Crippen MR) is 89.3 cm³/mol. The van der Waals surface area contributed by atoms with Gasteiger partial charge in [-0.05, 0) is 54.4 Å². The van der Waals surface area contributed by atoms with Crippen LogP contribution in [0.2, 0.25) is 0 Å². The Labute approximate surface area is 137 Å². The number of rotatable bonds is 2. The van der Waals surface area contributed by atoms with Crippen molar-refractivity contribution in [1.29, 1.82) is 0 Å². The van der Waals surface area contributed by atoms with Crippen molar-refractivity contribution in [2.75, 3.05) is 33.7 Å². The Hall–Kier alpha value is -1.02. The number of H-pyrrole nitrogens is 1. The average molecular weight is 368 g/mol. The molecule has 112 valence electrons. The van der Waals surface area contributed by atoms with Crippen LogP contribution in [0.5, 0.6) is 0 Å². The van der Waals surface area contributed by atoms with Gasteiger partial charge in [0.2, 0.25) is 0 Å². The van der Waals surface area contributed by atoms with Gasteiger partial charge in [0.05, 0.1) is 11.7 Å². The maximum atomic E-state index is 5.44. The molecule has 1 aromatic carbocycles. The van der Waals surface area contributed by atoms with Crippen molar-refractivity contribution in [3.63, 3.8) is 0 Å². The SMILES string of the molecule is CN1CCN(C)C(c2n[nH]c(=S)n2-c2ccccc2Br)C1. The number of likely N-dealkylation sites (N-methyl/N-ethyl adjacent to an activating group) is 2.